The van der Waals surface area contributed by atoms with Gasteiger partial charge in [-0.25, -0.2) is 0 Å². The van der Waals surface area contributed by atoms with Crippen LogP contribution in [0, 0.1) is 5.92 Å². The van der Waals surface area contributed by atoms with Crippen molar-refractivity contribution in [3.05, 3.63) is 23.8 Å². The molecule has 5 nitrogen and oxygen atoms in total. The zero-order chi connectivity index (χ0) is 20.6. The van der Waals surface area contributed by atoms with Gasteiger partial charge in [-0.3, -0.25) is 4.79 Å². The average Bonchev–Trinajstić information content (AvgIpc) is 2.63. The monoisotopic (exact) mass is 391 g/mol. The number of nitrogens with one attached hydrogen (secondary N) is 1. The molecule has 1 aliphatic carbocycles. The zero-order valence-corrected chi connectivity index (χ0v) is 18.2. The van der Waals surface area contributed by atoms with E-state index >= 15 is 0 Å². The van der Waals surface area contributed by atoms with Crippen molar-refractivity contribution < 1.29 is 19.0 Å². The van der Waals surface area contributed by atoms with Gasteiger partial charge in [0.1, 0.15) is 0 Å². The molecule has 5 heteroatoms. The van der Waals surface area contributed by atoms with Crippen LogP contribution in [0.3, 0.4) is 0 Å². The highest BCUT2D eigenvalue weighted by atomic mass is 16.5. The lowest BCUT2D eigenvalue weighted by atomic mass is 9.58. The smallest absolute Gasteiger partial charge is 0.305 e. The molecule has 1 aromatic rings. The van der Waals surface area contributed by atoms with Gasteiger partial charge in [-0.2, -0.15) is 0 Å². The molecule has 0 amide bonds. The highest BCUT2D eigenvalue weighted by Gasteiger charge is 2.45. The minimum atomic E-state index is -0.108. The number of benzene rings is 1. The first kappa shape index (κ1) is 22.5. The lowest BCUT2D eigenvalue weighted by molar-refractivity contribution is -0.143. The second-order valence-electron chi connectivity index (χ2n) is 8.12. The molecule has 0 radical (unpaired) electrons. The van der Waals surface area contributed by atoms with Gasteiger partial charge in [-0.15, -0.1) is 0 Å². The van der Waals surface area contributed by atoms with Gasteiger partial charge in [0.25, 0.3) is 0 Å². The predicted octanol–water partition coefficient (Wildman–Crippen LogP) is 4.47. The van der Waals surface area contributed by atoms with E-state index in [1.165, 1.54) is 24.8 Å². The van der Waals surface area contributed by atoms with Crippen LogP contribution in [0.15, 0.2) is 18.2 Å². The van der Waals surface area contributed by atoms with E-state index in [9.17, 15) is 4.79 Å². The number of carbonyl (C=O) groups excluding carboxylic acids is 1. The molecule has 1 aromatic carbocycles. The van der Waals surface area contributed by atoms with Gasteiger partial charge in [-0.1, -0.05) is 26.3 Å². The highest BCUT2D eigenvalue weighted by molar-refractivity contribution is 5.69. The Labute approximate surface area is 170 Å². The van der Waals surface area contributed by atoms with E-state index in [0.717, 1.165) is 30.9 Å². The molecular weight excluding hydrogens is 354 g/mol. The van der Waals surface area contributed by atoms with Gasteiger partial charge in [0.15, 0.2) is 11.5 Å². The van der Waals surface area contributed by atoms with Crippen LogP contribution in [0.4, 0.5) is 0 Å². The van der Waals surface area contributed by atoms with E-state index < -0.39 is 0 Å². The molecule has 1 atom stereocenters. The minimum Gasteiger partial charge on any atom is -0.493 e. The first-order valence-corrected chi connectivity index (χ1v) is 10.6. The van der Waals surface area contributed by atoms with Crippen LogP contribution in [0.25, 0.3) is 0 Å². The molecule has 0 saturated heterocycles. The van der Waals surface area contributed by atoms with Crippen molar-refractivity contribution in [3.8, 4) is 11.5 Å². The third kappa shape index (κ3) is 5.40. The number of hydrogen-bond donors (Lipinski definition) is 1. The molecule has 0 spiro atoms. The third-order valence-electron chi connectivity index (χ3n) is 5.83. The predicted molar refractivity (Wildman–Crippen MR) is 112 cm³/mol. The number of methoxy groups -OCH3 is 2. The number of carbonyl (C=O) groups is 1. The summed E-state index contributed by atoms with van der Waals surface area (Å²) in [5.41, 5.74) is 1.44. The fourth-order valence-corrected chi connectivity index (χ4v) is 4.26. The van der Waals surface area contributed by atoms with Gasteiger partial charge >= 0.3 is 5.97 Å². The Kier molecular flexibility index (Phi) is 8.61. The van der Waals surface area contributed by atoms with Gasteiger partial charge in [0, 0.05) is 17.9 Å². The Bertz CT molecular complexity index is 625. The average molecular weight is 392 g/mol. The number of hydrogen-bond acceptors (Lipinski definition) is 5. The Balaban J connectivity index is 2.14. The van der Waals surface area contributed by atoms with Crippen LogP contribution >= 0.6 is 0 Å². The summed E-state index contributed by atoms with van der Waals surface area (Å²) < 4.78 is 16.0. The van der Waals surface area contributed by atoms with Gasteiger partial charge in [0.05, 0.1) is 20.8 Å². The highest BCUT2D eigenvalue weighted by Crippen LogP contribution is 2.49. The quantitative estimate of drug-likeness (QED) is 0.421. The van der Waals surface area contributed by atoms with E-state index in [1.807, 2.05) is 13.0 Å². The summed E-state index contributed by atoms with van der Waals surface area (Å²) in [7, 11) is 3.36. The first-order chi connectivity index (χ1) is 13.5. The molecule has 1 aliphatic rings. The Morgan fingerprint density at radius 2 is 1.89 bits per heavy atom. The molecule has 2 rings (SSSR count). The second kappa shape index (κ2) is 10.7. The molecule has 0 aromatic heterocycles. The summed E-state index contributed by atoms with van der Waals surface area (Å²) in [5, 5.41) is 3.78. The third-order valence-corrected chi connectivity index (χ3v) is 5.83. The van der Waals surface area contributed by atoms with Crippen molar-refractivity contribution in [2.24, 2.45) is 5.92 Å². The van der Waals surface area contributed by atoms with Crippen molar-refractivity contribution >= 4 is 5.97 Å². The molecule has 1 unspecified atom stereocenters. The standard InChI is InChI=1S/C23H37NO4/c1-6-28-22(25)9-7-14-24-21(15-17(2)3)23(12-8-13-23)18-10-11-19(26-4)20(16-18)27-5/h10-11,16-17,21,24H,6-9,12-15H2,1-5H3. The van der Waals surface area contributed by atoms with Crippen LogP contribution in [0.2, 0.25) is 0 Å². The molecule has 0 bridgehead atoms. The maximum absolute atomic E-state index is 11.6. The second-order valence-corrected chi connectivity index (χ2v) is 8.12. The maximum Gasteiger partial charge on any atom is 0.305 e. The summed E-state index contributed by atoms with van der Waals surface area (Å²) >= 11 is 0. The molecule has 28 heavy (non-hydrogen) atoms. The number of ether oxygens (including phenoxy) is 3. The molecular formula is C23H37NO4. The van der Waals surface area contributed by atoms with E-state index in [4.69, 9.17) is 14.2 Å². The molecule has 158 valence electrons. The molecule has 1 fully saturated rings. The fraction of sp³-hybridized carbons (Fsp3) is 0.696. The summed E-state index contributed by atoms with van der Waals surface area (Å²) in [6.07, 6.45) is 5.96. The molecule has 0 aliphatic heterocycles. The van der Waals surface area contributed by atoms with Gasteiger partial charge < -0.3 is 19.5 Å². The normalized spacial score (nSPS) is 16.4. The fourth-order valence-electron chi connectivity index (χ4n) is 4.26. The van der Waals surface area contributed by atoms with Gasteiger partial charge in [-0.05, 0) is 62.8 Å². The van der Waals surface area contributed by atoms with Crippen molar-refractivity contribution in [2.75, 3.05) is 27.4 Å². The van der Waals surface area contributed by atoms with E-state index in [2.05, 4.69) is 31.3 Å². The molecule has 1 N–H and O–H groups in total. The number of esters is 1. The van der Waals surface area contributed by atoms with E-state index in [-0.39, 0.29) is 11.4 Å². The largest absolute Gasteiger partial charge is 0.493 e. The lowest BCUT2D eigenvalue weighted by Gasteiger charge is -2.49. The summed E-state index contributed by atoms with van der Waals surface area (Å²) in [5.74, 6) is 2.04. The minimum absolute atomic E-state index is 0.108. The Morgan fingerprint density at radius 1 is 1.18 bits per heavy atom. The summed E-state index contributed by atoms with van der Waals surface area (Å²) in [4.78, 5) is 11.6. The van der Waals surface area contributed by atoms with Crippen LogP contribution in [0.1, 0.15) is 64.9 Å². The van der Waals surface area contributed by atoms with E-state index in [1.54, 1.807) is 14.2 Å². The summed E-state index contributed by atoms with van der Waals surface area (Å²) in [6, 6.07) is 6.72. The van der Waals surface area contributed by atoms with Crippen LogP contribution in [-0.2, 0) is 14.9 Å². The van der Waals surface area contributed by atoms with Crippen molar-refractivity contribution in [2.45, 2.75) is 70.8 Å². The van der Waals surface area contributed by atoms with E-state index in [0.29, 0.717) is 25.0 Å². The van der Waals surface area contributed by atoms with Crippen LogP contribution in [-0.4, -0.2) is 39.4 Å². The molecule has 0 heterocycles. The Hall–Kier alpha value is -1.75. The first-order valence-electron chi connectivity index (χ1n) is 10.6. The van der Waals surface area contributed by atoms with Crippen molar-refractivity contribution in [1.82, 2.24) is 5.32 Å². The SMILES string of the molecule is CCOC(=O)CCCNC(CC(C)C)C1(c2ccc(OC)c(OC)c2)CCC1. The Morgan fingerprint density at radius 3 is 2.43 bits per heavy atom. The van der Waals surface area contributed by atoms with Crippen LogP contribution in [0.5, 0.6) is 11.5 Å². The maximum atomic E-state index is 11.6. The van der Waals surface area contributed by atoms with Gasteiger partial charge in [0.2, 0.25) is 0 Å². The van der Waals surface area contributed by atoms with Crippen LogP contribution < -0.4 is 14.8 Å². The van der Waals surface area contributed by atoms with Crippen molar-refractivity contribution in [3.63, 3.8) is 0 Å². The molecule has 1 saturated carbocycles. The summed E-state index contributed by atoms with van der Waals surface area (Å²) in [6.45, 7) is 7.66. The van der Waals surface area contributed by atoms with Crippen molar-refractivity contribution in [1.29, 1.82) is 0 Å². The zero-order valence-electron chi connectivity index (χ0n) is 18.2. The topological polar surface area (TPSA) is 56.8 Å². The lowest BCUT2D eigenvalue weighted by Crippen LogP contribution is -2.53. The number of rotatable bonds is 12.